The van der Waals surface area contributed by atoms with Gasteiger partial charge >= 0.3 is 0 Å². The van der Waals surface area contributed by atoms with E-state index >= 15 is 0 Å². The number of aromatic nitrogens is 2. The van der Waals surface area contributed by atoms with Gasteiger partial charge in [-0.1, -0.05) is 13.8 Å². The van der Waals surface area contributed by atoms with E-state index < -0.39 is 0 Å². The standard InChI is InChI=1S/C17H26N4O2/c1-13(2)10-20-12-15(9-18-20)21-11-14(8-16(21)22)17(23)19-6-4-3-5-7-19/h9,12-14H,3-8,10-11H2,1-2H3/t14-/m1/s1. The van der Waals surface area contributed by atoms with Gasteiger partial charge in [0.15, 0.2) is 0 Å². The van der Waals surface area contributed by atoms with Crippen LogP contribution in [-0.4, -0.2) is 46.1 Å². The first-order valence-corrected chi connectivity index (χ1v) is 8.66. The van der Waals surface area contributed by atoms with E-state index in [9.17, 15) is 9.59 Å². The lowest BCUT2D eigenvalue weighted by atomic mass is 10.0. The summed E-state index contributed by atoms with van der Waals surface area (Å²) < 4.78 is 1.87. The Labute approximate surface area is 137 Å². The van der Waals surface area contributed by atoms with Crippen molar-refractivity contribution in [2.75, 3.05) is 24.5 Å². The van der Waals surface area contributed by atoms with Gasteiger partial charge in [-0.3, -0.25) is 14.3 Å². The Bertz CT molecular complexity index is 575. The van der Waals surface area contributed by atoms with Crippen molar-refractivity contribution in [1.29, 1.82) is 0 Å². The highest BCUT2D eigenvalue weighted by atomic mass is 16.2. The van der Waals surface area contributed by atoms with Gasteiger partial charge in [-0.05, 0) is 25.2 Å². The van der Waals surface area contributed by atoms with E-state index in [1.807, 2.05) is 15.8 Å². The second-order valence-corrected chi connectivity index (χ2v) is 7.11. The minimum absolute atomic E-state index is 0.0319. The Hall–Kier alpha value is -1.85. The summed E-state index contributed by atoms with van der Waals surface area (Å²) >= 11 is 0. The first-order chi connectivity index (χ1) is 11.0. The molecule has 2 fully saturated rings. The topological polar surface area (TPSA) is 58.4 Å². The second-order valence-electron chi connectivity index (χ2n) is 7.11. The molecule has 0 aliphatic carbocycles. The van der Waals surface area contributed by atoms with Crippen molar-refractivity contribution >= 4 is 17.5 Å². The molecule has 2 aliphatic heterocycles. The molecule has 6 nitrogen and oxygen atoms in total. The van der Waals surface area contributed by atoms with Gasteiger partial charge in [-0.2, -0.15) is 5.10 Å². The normalized spacial score (nSPS) is 22.2. The van der Waals surface area contributed by atoms with Crippen molar-refractivity contribution < 1.29 is 9.59 Å². The lowest BCUT2D eigenvalue weighted by Crippen LogP contribution is -2.40. The molecule has 2 amide bonds. The maximum atomic E-state index is 12.6. The summed E-state index contributed by atoms with van der Waals surface area (Å²) in [7, 11) is 0. The van der Waals surface area contributed by atoms with E-state index in [1.54, 1.807) is 11.1 Å². The molecule has 23 heavy (non-hydrogen) atoms. The maximum Gasteiger partial charge on any atom is 0.228 e. The lowest BCUT2D eigenvalue weighted by Gasteiger charge is -2.28. The van der Waals surface area contributed by atoms with Crippen LogP contribution in [0.5, 0.6) is 0 Å². The van der Waals surface area contributed by atoms with Gasteiger partial charge in [0.1, 0.15) is 0 Å². The van der Waals surface area contributed by atoms with Gasteiger partial charge < -0.3 is 9.80 Å². The quantitative estimate of drug-likeness (QED) is 0.852. The number of hydrogen-bond acceptors (Lipinski definition) is 3. The Morgan fingerprint density at radius 3 is 2.74 bits per heavy atom. The van der Waals surface area contributed by atoms with Crippen LogP contribution in [-0.2, 0) is 16.1 Å². The Morgan fingerprint density at radius 1 is 1.30 bits per heavy atom. The molecule has 2 aliphatic rings. The third kappa shape index (κ3) is 3.57. The zero-order chi connectivity index (χ0) is 16.4. The molecule has 126 valence electrons. The average Bonchev–Trinajstić information content (AvgIpc) is 3.13. The SMILES string of the molecule is CC(C)Cn1cc(N2C[C@H](C(=O)N3CCCCC3)CC2=O)cn1. The second kappa shape index (κ2) is 6.72. The number of likely N-dealkylation sites (tertiary alicyclic amines) is 1. The van der Waals surface area contributed by atoms with Crippen LogP contribution >= 0.6 is 0 Å². The number of amides is 2. The summed E-state index contributed by atoms with van der Waals surface area (Å²) in [6.07, 6.45) is 7.33. The lowest BCUT2D eigenvalue weighted by molar-refractivity contribution is -0.136. The number of rotatable bonds is 4. The molecular weight excluding hydrogens is 292 g/mol. The third-order valence-corrected chi connectivity index (χ3v) is 4.63. The number of carbonyl (C=O) groups is 2. The molecule has 0 bridgehead atoms. The highest BCUT2D eigenvalue weighted by Crippen LogP contribution is 2.27. The molecule has 0 N–H and O–H groups in total. The fourth-order valence-corrected chi connectivity index (χ4v) is 3.46. The number of hydrogen-bond donors (Lipinski definition) is 0. The summed E-state index contributed by atoms with van der Waals surface area (Å²) in [4.78, 5) is 28.6. The van der Waals surface area contributed by atoms with E-state index in [1.165, 1.54) is 6.42 Å². The van der Waals surface area contributed by atoms with E-state index in [4.69, 9.17) is 0 Å². The van der Waals surface area contributed by atoms with Gasteiger partial charge in [0.25, 0.3) is 0 Å². The van der Waals surface area contributed by atoms with Crippen LogP contribution in [0.25, 0.3) is 0 Å². The van der Waals surface area contributed by atoms with E-state index in [0.717, 1.165) is 38.2 Å². The van der Waals surface area contributed by atoms with Crippen LogP contribution in [0.4, 0.5) is 5.69 Å². The van der Waals surface area contributed by atoms with Gasteiger partial charge in [0.2, 0.25) is 11.8 Å². The minimum Gasteiger partial charge on any atom is -0.342 e. The zero-order valence-corrected chi connectivity index (χ0v) is 14.1. The highest BCUT2D eigenvalue weighted by molar-refractivity contribution is 6.00. The van der Waals surface area contributed by atoms with Gasteiger partial charge in [0.05, 0.1) is 17.8 Å². The number of piperidine rings is 1. The molecule has 0 radical (unpaired) electrons. The monoisotopic (exact) mass is 318 g/mol. The largest absolute Gasteiger partial charge is 0.342 e. The van der Waals surface area contributed by atoms with Crippen LogP contribution in [0.15, 0.2) is 12.4 Å². The fraction of sp³-hybridized carbons (Fsp3) is 0.706. The highest BCUT2D eigenvalue weighted by Gasteiger charge is 2.37. The zero-order valence-electron chi connectivity index (χ0n) is 14.1. The molecule has 1 aromatic rings. The van der Waals surface area contributed by atoms with Crippen molar-refractivity contribution in [3.05, 3.63) is 12.4 Å². The first-order valence-electron chi connectivity index (χ1n) is 8.66. The first kappa shape index (κ1) is 16.0. The Kier molecular flexibility index (Phi) is 4.68. The van der Waals surface area contributed by atoms with Crippen molar-refractivity contribution in [3.63, 3.8) is 0 Å². The van der Waals surface area contributed by atoms with Crippen LogP contribution in [0, 0.1) is 11.8 Å². The minimum atomic E-state index is -0.200. The molecular formula is C17H26N4O2. The molecule has 1 atom stereocenters. The molecule has 0 unspecified atom stereocenters. The van der Waals surface area contributed by atoms with Crippen molar-refractivity contribution in [2.24, 2.45) is 11.8 Å². The van der Waals surface area contributed by atoms with Crippen molar-refractivity contribution in [1.82, 2.24) is 14.7 Å². The number of anilines is 1. The molecule has 0 spiro atoms. The van der Waals surface area contributed by atoms with E-state index in [0.29, 0.717) is 18.9 Å². The van der Waals surface area contributed by atoms with Gasteiger partial charge in [0, 0.05) is 38.8 Å². The average molecular weight is 318 g/mol. The number of carbonyl (C=O) groups excluding carboxylic acids is 2. The van der Waals surface area contributed by atoms with E-state index in [-0.39, 0.29) is 17.7 Å². The molecule has 6 heteroatoms. The molecule has 3 rings (SSSR count). The van der Waals surface area contributed by atoms with Crippen LogP contribution in [0.2, 0.25) is 0 Å². The van der Waals surface area contributed by atoms with Crippen molar-refractivity contribution in [2.45, 2.75) is 46.1 Å². The summed E-state index contributed by atoms with van der Waals surface area (Å²) in [5, 5.41) is 4.32. The molecule has 0 saturated carbocycles. The van der Waals surface area contributed by atoms with Gasteiger partial charge in [-0.25, -0.2) is 0 Å². The Morgan fingerprint density at radius 2 is 2.04 bits per heavy atom. The number of nitrogens with zero attached hydrogens (tertiary/aromatic N) is 4. The summed E-state index contributed by atoms with van der Waals surface area (Å²) in [6, 6.07) is 0. The van der Waals surface area contributed by atoms with Crippen molar-refractivity contribution in [3.8, 4) is 0 Å². The molecule has 2 saturated heterocycles. The molecule has 0 aromatic carbocycles. The maximum absolute atomic E-state index is 12.6. The van der Waals surface area contributed by atoms with Crippen LogP contribution in [0.3, 0.4) is 0 Å². The van der Waals surface area contributed by atoms with Gasteiger partial charge in [-0.15, -0.1) is 0 Å². The smallest absolute Gasteiger partial charge is 0.228 e. The van der Waals surface area contributed by atoms with Crippen LogP contribution < -0.4 is 4.90 Å². The van der Waals surface area contributed by atoms with Crippen LogP contribution in [0.1, 0.15) is 39.5 Å². The molecule has 3 heterocycles. The third-order valence-electron chi connectivity index (χ3n) is 4.63. The Balaban J connectivity index is 1.65. The summed E-state index contributed by atoms with van der Waals surface area (Å²) in [5.74, 6) is 0.485. The predicted octanol–water partition coefficient (Wildman–Crippen LogP) is 1.90. The summed E-state index contributed by atoms with van der Waals surface area (Å²) in [5.41, 5.74) is 0.810. The fourth-order valence-electron chi connectivity index (χ4n) is 3.46. The molecule has 1 aromatic heterocycles. The predicted molar refractivity (Wildman–Crippen MR) is 88.0 cm³/mol. The summed E-state index contributed by atoms with van der Waals surface area (Å²) in [6.45, 7) is 7.27. The van der Waals surface area contributed by atoms with E-state index in [2.05, 4.69) is 18.9 Å².